The van der Waals surface area contributed by atoms with Crippen molar-refractivity contribution in [3.8, 4) is 0 Å². The molecule has 1 fully saturated rings. The van der Waals surface area contributed by atoms with Crippen molar-refractivity contribution < 1.29 is 4.79 Å². The summed E-state index contributed by atoms with van der Waals surface area (Å²) in [5, 5.41) is 3.73. The van der Waals surface area contributed by atoms with E-state index in [1.807, 2.05) is 0 Å². The highest BCUT2D eigenvalue weighted by Crippen LogP contribution is 2.31. The molecule has 3 rings (SSSR count). The minimum absolute atomic E-state index is 0. The number of amides is 1. The average Bonchev–Trinajstić information content (AvgIpc) is 2.97. The van der Waals surface area contributed by atoms with Crippen LogP contribution in [-0.2, 0) is 17.6 Å². The first-order chi connectivity index (χ1) is 9.20. The maximum Gasteiger partial charge on any atom is 0.226 e. The summed E-state index contributed by atoms with van der Waals surface area (Å²) in [6.45, 7) is 0. The monoisotopic (exact) mass is 315 g/mol. The summed E-state index contributed by atoms with van der Waals surface area (Å²) in [5.74, 6) is 0.713. The predicted octanol–water partition coefficient (Wildman–Crippen LogP) is 2.90. The molecule has 0 aromatic carbocycles. The Balaban J connectivity index is 0.00000147. The van der Waals surface area contributed by atoms with E-state index in [9.17, 15) is 4.79 Å². The van der Waals surface area contributed by atoms with Gasteiger partial charge in [0.1, 0.15) is 0 Å². The van der Waals surface area contributed by atoms with E-state index in [0.29, 0.717) is 12.3 Å². The number of hydrogen-bond donors (Lipinski definition) is 2. The molecule has 20 heavy (non-hydrogen) atoms. The second kappa shape index (κ2) is 6.87. The highest BCUT2D eigenvalue weighted by Gasteiger charge is 2.22. The summed E-state index contributed by atoms with van der Waals surface area (Å²) >= 11 is 1.60. The van der Waals surface area contributed by atoms with E-state index < -0.39 is 0 Å². The first kappa shape index (κ1) is 15.7. The summed E-state index contributed by atoms with van der Waals surface area (Å²) in [5.41, 5.74) is 7.10. The number of anilines is 1. The van der Waals surface area contributed by atoms with Gasteiger partial charge in [-0.2, -0.15) is 0 Å². The molecule has 1 heterocycles. The number of thiazole rings is 1. The van der Waals surface area contributed by atoms with E-state index in [4.69, 9.17) is 5.73 Å². The third-order valence-corrected chi connectivity index (χ3v) is 5.21. The normalized spacial score (nSPS) is 22.1. The molecule has 1 aromatic rings. The fourth-order valence-electron chi connectivity index (χ4n) is 3.10. The molecule has 0 saturated heterocycles. The van der Waals surface area contributed by atoms with Crippen LogP contribution in [0.15, 0.2) is 0 Å². The molecule has 0 radical (unpaired) electrons. The summed E-state index contributed by atoms with van der Waals surface area (Å²) in [6.07, 6.45) is 8.49. The molecule has 4 nitrogen and oxygen atoms in total. The standard InChI is InChI=1S/C14H21N3OS.ClH/c15-10-5-6-11-12(8-10)19-14(16-11)17-13(18)7-9-3-1-2-4-9;/h9-10H,1-8,15H2,(H,16,17,18);1H/t10-;/m0./s1. The van der Waals surface area contributed by atoms with Crippen LogP contribution in [0.2, 0.25) is 0 Å². The average molecular weight is 316 g/mol. The largest absolute Gasteiger partial charge is 0.327 e. The van der Waals surface area contributed by atoms with Gasteiger partial charge in [0.05, 0.1) is 5.69 Å². The van der Waals surface area contributed by atoms with E-state index in [1.54, 1.807) is 11.3 Å². The quantitative estimate of drug-likeness (QED) is 0.901. The molecule has 1 atom stereocenters. The zero-order valence-corrected chi connectivity index (χ0v) is 13.2. The Kier molecular flexibility index (Phi) is 5.41. The zero-order chi connectivity index (χ0) is 13.2. The van der Waals surface area contributed by atoms with Crippen molar-refractivity contribution in [3.05, 3.63) is 10.6 Å². The number of aryl methyl sites for hydroxylation is 1. The Labute approximate surface area is 129 Å². The molecule has 6 heteroatoms. The third-order valence-electron chi connectivity index (χ3n) is 4.17. The van der Waals surface area contributed by atoms with Gasteiger partial charge in [-0.3, -0.25) is 4.79 Å². The van der Waals surface area contributed by atoms with Crippen LogP contribution >= 0.6 is 23.7 Å². The highest BCUT2D eigenvalue weighted by molar-refractivity contribution is 7.15. The van der Waals surface area contributed by atoms with Crippen molar-refractivity contribution in [3.63, 3.8) is 0 Å². The highest BCUT2D eigenvalue weighted by atomic mass is 35.5. The number of aromatic nitrogens is 1. The fourth-order valence-corrected chi connectivity index (χ4v) is 4.22. The van der Waals surface area contributed by atoms with Crippen molar-refractivity contribution in [2.24, 2.45) is 11.7 Å². The Morgan fingerprint density at radius 1 is 1.35 bits per heavy atom. The van der Waals surface area contributed by atoms with Crippen molar-refractivity contribution in [1.82, 2.24) is 4.98 Å². The first-order valence-electron chi connectivity index (χ1n) is 7.24. The topological polar surface area (TPSA) is 68.0 Å². The lowest BCUT2D eigenvalue weighted by Gasteiger charge is -2.15. The van der Waals surface area contributed by atoms with Gasteiger partial charge >= 0.3 is 0 Å². The number of nitrogens with one attached hydrogen (secondary N) is 1. The number of halogens is 1. The number of hydrogen-bond acceptors (Lipinski definition) is 4. The van der Waals surface area contributed by atoms with Gasteiger partial charge in [-0.25, -0.2) is 4.98 Å². The smallest absolute Gasteiger partial charge is 0.226 e. The van der Waals surface area contributed by atoms with Gasteiger partial charge < -0.3 is 11.1 Å². The molecule has 0 spiro atoms. The summed E-state index contributed by atoms with van der Waals surface area (Å²) in [7, 11) is 0. The Hall–Kier alpha value is -0.650. The van der Waals surface area contributed by atoms with Crippen LogP contribution in [0.3, 0.4) is 0 Å². The zero-order valence-electron chi connectivity index (χ0n) is 11.6. The molecule has 3 N–H and O–H groups in total. The Morgan fingerprint density at radius 2 is 2.10 bits per heavy atom. The number of rotatable bonds is 3. The van der Waals surface area contributed by atoms with Crippen molar-refractivity contribution in [2.45, 2.75) is 57.4 Å². The lowest BCUT2D eigenvalue weighted by atomic mass is 9.99. The van der Waals surface area contributed by atoms with Crippen molar-refractivity contribution in [2.75, 3.05) is 5.32 Å². The number of fused-ring (bicyclic) bond motifs is 1. The van der Waals surface area contributed by atoms with Gasteiger partial charge in [-0.15, -0.1) is 23.7 Å². The van der Waals surface area contributed by atoms with Gasteiger partial charge in [0.2, 0.25) is 5.91 Å². The van der Waals surface area contributed by atoms with Crippen LogP contribution in [-0.4, -0.2) is 16.9 Å². The summed E-state index contributed by atoms with van der Waals surface area (Å²) < 4.78 is 0. The molecule has 2 aliphatic rings. The predicted molar refractivity (Wildman–Crippen MR) is 84.6 cm³/mol. The van der Waals surface area contributed by atoms with Gasteiger partial charge in [0, 0.05) is 17.3 Å². The lowest BCUT2D eigenvalue weighted by Crippen LogP contribution is -2.27. The van der Waals surface area contributed by atoms with Gasteiger partial charge in [0.25, 0.3) is 0 Å². The second-order valence-corrected chi connectivity index (χ2v) is 6.88. The molecule has 0 unspecified atom stereocenters. The molecule has 0 aliphatic heterocycles. The molecule has 1 amide bonds. The van der Waals surface area contributed by atoms with E-state index in [-0.39, 0.29) is 24.4 Å². The first-order valence-corrected chi connectivity index (χ1v) is 8.06. The molecular formula is C14H22ClN3OS. The fraction of sp³-hybridized carbons (Fsp3) is 0.714. The summed E-state index contributed by atoms with van der Waals surface area (Å²) in [4.78, 5) is 17.8. The molecule has 1 saturated carbocycles. The Morgan fingerprint density at radius 3 is 2.85 bits per heavy atom. The van der Waals surface area contributed by atoms with Crippen LogP contribution in [0.4, 0.5) is 5.13 Å². The van der Waals surface area contributed by atoms with Crippen molar-refractivity contribution in [1.29, 1.82) is 0 Å². The lowest BCUT2D eigenvalue weighted by molar-refractivity contribution is -0.117. The van der Waals surface area contributed by atoms with Crippen LogP contribution in [0.25, 0.3) is 0 Å². The SMILES string of the molecule is Cl.N[C@H]1CCc2nc(NC(=O)CC3CCCC3)sc2C1. The van der Waals surface area contributed by atoms with Gasteiger partial charge in [-0.05, 0) is 38.0 Å². The molecule has 1 aromatic heterocycles. The molecule has 112 valence electrons. The van der Waals surface area contributed by atoms with E-state index >= 15 is 0 Å². The van der Waals surface area contributed by atoms with Crippen LogP contribution in [0.5, 0.6) is 0 Å². The number of nitrogens with zero attached hydrogens (tertiary/aromatic N) is 1. The third kappa shape index (κ3) is 3.71. The van der Waals surface area contributed by atoms with E-state index in [1.165, 1.54) is 30.6 Å². The van der Waals surface area contributed by atoms with Crippen LogP contribution in [0.1, 0.15) is 49.1 Å². The van der Waals surface area contributed by atoms with Gasteiger partial charge in [0.15, 0.2) is 5.13 Å². The minimum Gasteiger partial charge on any atom is -0.327 e. The Bertz CT molecular complexity index is 471. The molecule has 2 aliphatic carbocycles. The van der Waals surface area contributed by atoms with Gasteiger partial charge in [-0.1, -0.05) is 12.8 Å². The number of nitrogens with two attached hydrogens (primary N) is 1. The number of carbonyl (C=O) groups is 1. The van der Waals surface area contributed by atoms with Crippen LogP contribution in [0, 0.1) is 5.92 Å². The van der Waals surface area contributed by atoms with Crippen molar-refractivity contribution >= 4 is 34.8 Å². The molecule has 0 bridgehead atoms. The summed E-state index contributed by atoms with van der Waals surface area (Å²) in [6, 6.07) is 0.259. The maximum atomic E-state index is 12.0. The second-order valence-electron chi connectivity index (χ2n) is 5.79. The van der Waals surface area contributed by atoms with E-state index in [0.717, 1.165) is 30.1 Å². The van der Waals surface area contributed by atoms with E-state index in [2.05, 4.69) is 10.3 Å². The maximum absolute atomic E-state index is 12.0. The molecular weight excluding hydrogens is 294 g/mol. The minimum atomic E-state index is 0. The van der Waals surface area contributed by atoms with Crippen LogP contribution < -0.4 is 11.1 Å². The number of carbonyl (C=O) groups excluding carboxylic acids is 1.